The van der Waals surface area contributed by atoms with Crippen LogP contribution in [-0.2, 0) is 0 Å². The minimum absolute atomic E-state index is 1.06. The monoisotopic (exact) mass is 167 g/mol. The zero-order valence-electron chi connectivity index (χ0n) is 8.18. The van der Waals surface area contributed by atoms with Crippen LogP contribution in [0.4, 0.5) is 0 Å². The summed E-state index contributed by atoms with van der Waals surface area (Å²) in [5.74, 6) is 3.26. The average Bonchev–Trinajstić information content (AvgIpc) is 2.92. The van der Waals surface area contributed by atoms with E-state index in [-0.39, 0.29) is 0 Å². The summed E-state index contributed by atoms with van der Waals surface area (Å²) < 4.78 is 0. The van der Waals surface area contributed by atoms with Crippen LogP contribution >= 0.6 is 0 Å². The molecule has 0 spiro atoms. The fourth-order valence-electron chi connectivity index (χ4n) is 2.85. The molecule has 1 N–H and O–H groups in total. The molecule has 2 aliphatic rings. The Kier molecular flexibility index (Phi) is 2.69. The average molecular weight is 167 g/mol. The molecule has 1 nitrogen and oxygen atoms in total. The maximum absolute atomic E-state index is 3.45. The number of piperidine rings is 1. The highest BCUT2D eigenvalue weighted by atomic mass is 14.9. The number of hydrogen-bond acceptors (Lipinski definition) is 1. The Hall–Kier alpha value is -0.0400. The molecular formula is C11H21N. The first kappa shape index (κ1) is 8.55. The lowest BCUT2D eigenvalue weighted by atomic mass is 9.80. The van der Waals surface area contributed by atoms with E-state index in [9.17, 15) is 0 Å². The zero-order valence-corrected chi connectivity index (χ0v) is 8.18. The van der Waals surface area contributed by atoms with Gasteiger partial charge in [-0.05, 0) is 56.5 Å². The van der Waals surface area contributed by atoms with Gasteiger partial charge in [-0.1, -0.05) is 13.3 Å². The first-order valence-electron chi connectivity index (χ1n) is 5.62. The highest BCUT2D eigenvalue weighted by Gasteiger charge is 2.35. The van der Waals surface area contributed by atoms with E-state index in [1.165, 1.54) is 45.2 Å². The fraction of sp³-hybridized carbons (Fsp3) is 1.00. The largest absolute Gasteiger partial charge is 0.317 e. The van der Waals surface area contributed by atoms with Gasteiger partial charge in [0.25, 0.3) is 0 Å². The minimum atomic E-state index is 1.06. The number of hydrogen-bond donors (Lipinski definition) is 1. The van der Waals surface area contributed by atoms with Crippen LogP contribution in [0.25, 0.3) is 0 Å². The Morgan fingerprint density at radius 1 is 1.08 bits per heavy atom. The van der Waals surface area contributed by atoms with E-state index in [4.69, 9.17) is 0 Å². The maximum Gasteiger partial charge on any atom is -0.00462 e. The lowest BCUT2D eigenvalue weighted by molar-refractivity contribution is 0.227. The van der Waals surface area contributed by atoms with Crippen molar-refractivity contribution in [3.63, 3.8) is 0 Å². The zero-order chi connectivity index (χ0) is 8.39. The van der Waals surface area contributed by atoms with Gasteiger partial charge in [-0.15, -0.1) is 0 Å². The van der Waals surface area contributed by atoms with Crippen LogP contribution in [0, 0.1) is 17.8 Å². The molecule has 70 valence electrons. The molecule has 1 heteroatoms. The minimum Gasteiger partial charge on any atom is -0.317 e. The summed E-state index contributed by atoms with van der Waals surface area (Å²) >= 11 is 0. The van der Waals surface area contributed by atoms with Gasteiger partial charge in [-0.2, -0.15) is 0 Å². The molecule has 0 aromatic heterocycles. The summed E-state index contributed by atoms with van der Waals surface area (Å²) in [7, 11) is 0. The van der Waals surface area contributed by atoms with Crippen LogP contribution < -0.4 is 5.32 Å². The van der Waals surface area contributed by atoms with Gasteiger partial charge in [0, 0.05) is 0 Å². The van der Waals surface area contributed by atoms with Gasteiger partial charge in [0.2, 0.25) is 0 Å². The molecule has 0 bridgehead atoms. The van der Waals surface area contributed by atoms with Crippen LogP contribution in [0.2, 0.25) is 0 Å². The second-order valence-corrected chi connectivity index (χ2v) is 4.50. The second kappa shape index (κ2) is 3.78. The van der Waals surface area contributed by atoms with Crippen molar-refractivity contribution in [2.24, 2.45) is 17.8 Å². The van der Waals surface area contributed by atoms with Crippen molar-refractivity contribution in [1.82, 2.24) is 5.32 Å². The third kappa shape index (κ3) is 1.82. The molecule has 1 aliphatic carbocycles. The smallest absolute Gasteiger partial charge is 0.00462 e. The second-order valence-electron chi connectivity index (χ2n) is 4.50. The Balaban J connectivity index is 1.85. The highest BCUT2D eigenvalue weighted by molar-refractivity contribution is 4.86. The van der Waals surface area contributed by atoms with Crippen LogP contribution in [0.15, 0.2) is 0 Å². The first-order chi connectivity index (χ1) is 5.92. The Bertz CT molecular complexity index is 134. The molecule has 1 unspecified atom stereocenters. The van der Waals surface area contributed by atoms with E-state index in [2.05, 4.69) is 12.2 Å². The number of rotatable bonds is 3. The van der Waals surface area contributed by atoms with Crippen molar-refractivity contribution in [2.45, 2.75) is 39.0 Å². The molecule has 1 heterocycles. The molecule has 1 saturated heterocycles. The van der Waals surface area contributed by atoms with E-state index >= 15 is 0 Å². The molecule has 0 amide bonds. The van der Waals surface area contributed by atoms with Gasteiger partial charge in [0.15, 0.2) is 0 Å². The highest BCUT2D eigenvalue weighted by Crippen LogP contribution is 2.44. The van der Waals surface area contributed by atoms with Crippen molar-refractivity contribution >= 4 is 0 Å². The van der Waals surface area contributed by atoms with Crippen molar-refractivity contribution in [2.75, 3.05) is 13.1 Å². The van der Waals surface area contributed by atoms with Gasteiger partial charge in [-0.3, -0.25) is 0 Å². The summed E-state index contributed by atoms with van der Waals surface area (Å²) in [6, 6.07) is 0. The Morgan fingerprint density at radius 2 is 1.67 bits per heavy atom. The summed E-state index contributed by atoms with van der Waals surface area (Å²) in [5, 5.41) is 3.45. The molecule has 1 saturated carbocycles. The molecule has 0 aromatic rings. The summed E-state index contributed by atoms with van der Waals surface area (Å²) in [6.45, 7) is 4.92. The van der Waals surface area contributed by atoms with Crippen molar-refractivity contribution in [3.05, 3.63) is 0 Å². The molecular weight excluding hydrogens is 146 g/mol. The molecule has 0 radical (unpaired) electrons. The fourth-order valence-corrected chi connectivity index (χ4v) is 2.85. The normalized spacial score (nSPS) is 28.8. The summed E-state index contributed by atoms with van der Waals surface area (Å²) in [5.41, 5.74) is 0. The van der Waals surface area contributed by atoms with Crippen LogP contribution in [0.3, 0.4) is 0 Å². The third-order valence-electron chi connectivity index (χ3n) is 3.69. The molecule has 1 aliphatic heterocycles. The summed E-state index contributed by atoms with van der Waals surface area (Å²) in [6.07, 6.45) is 7.37. The first-order valence-corrected chi connectivity index (χ1v) is 5.62. The third-order valence-corrected chi connectivity index (χ3v) is 3.69. The molecule has 12 heavy (non-hydrogen) atoms. The van der Waals surface area contributed by atoms with Gasteiger partial charge >= 0.3 is 0 Å². The predicted molar refractivity (Wildman–Crippen MR) is 52.1 cm³/mol. The van der Waals surface area contributed by atoms with Crippen LogP contribution in [0.5, 0.6) is 0 Å². The topological polar surface area (TPSA) is 12.0 Å². The van der Waals surface area contributed by atoms with Gasteiger partial charge < -0.3 is 5.32 Å². The summed E-state index contributed by atoms with van der Waals surface area (Å²) in [4.78, 5) is 0. The SMILES string of the molecule is CCC(C1CCNCC1)C1CC1. The number of nitrogens with one attached hydrogen (secondary N) is 1. The maximum atomic E-state index is 3.45. The van der Waals surface area contributed by atoms with Gasteiger partial charge in [-0.25, -0.2) is 0 Å². The van der Waals surface area contributed by atoms with E-state index in [1.807, 2.05) is 0 Å². The quantitative estimate of drug-likeness (QED) is 0.680. The van der Waals surface area contributed by atoms with Crippen molar-refractivity contribution < 1.29 is 0 Å². The lowest BCUT2D eigenvalue weighted by Gasteiger charge is -2.30. The Labute approximate surface area is 75.9 Å². The van der Waals surface area contributed by atoms with E-state index in [1.54, 1.807) is 0 Å². The molecule has 1 atom stereocenters. The van der Waals surface area contributed by atoms with Gasteiger partial charge in [0.1, 0.15) is 0 Å². The predicted octanol–water partition coefficient (Wildman–Crippen LogP) is 2.42. The van der Waals surface area contributed by atoms with Crippen LogP contribution in [0.1, 0.15) is 39.0 Å². The standard InChI is InChI=1S/C11H21N/c1-2-11(9-3-4-9)10-5-7-12-8-6-10/h9-12H,2-8H2,1H3. The Morgan fingerprint density at radius 3 is 2.17 bits per heavy atom. The lowest BCUT2D eigenvalue weighted by Crippen LogP contribution is -2.32. The van der Waals surface area contributed by atoms with E-state index < -0.39 is 0 Å². The van der Waals surface area contributed by atoms with Crippen LogP contribution in [-0.4, -0.2) is 13.1 Å². The van der Waals surface area contributed by atoms with Crippen molar-refractivity contribution in [3.8, 4) is 0 Å². The van der Waals surface area contributed by atoms with E-state index in [0.717, 1.165) is 17.8 Å². The van der Waals surface area contributed by atoms with E-state index in [0.29, 0.717) is 0 Å². The van der Waals surface area contributed by atoms with Crippen molar-refractivity contribution in [1.29, 1.82) is 0 Å². The van der Waals surface area contributed by atoms with Gasteiger partial charge in [0.05, 0.1) is 0 Å². The molecule has 0 aromatic carbocycles. The molecule has 2 rings (SSSR count). The molecule has 2 fully saturated rings.